The zero-order chi connectivity index (χ0) is 16.4. The summed E-state index contributed by atoms with van der Waals surface area (Å²) in [6, 6.07) is 6.13. The van der Waals surface area contributed by atoms with Crippen LogP contribution >= 0.6 is 11.3 Å². The van der Waals surface area contributed by atoms with Crippen LogP contribution in [0.15, 0.2) is 35.0 Å². The first-order valence-electron chi connectivity index (χ1n) is 7.43. The van der Waals surface area contributed by atoms with Crippen molar-refractivity contribution in [3.8, 4) is 5.75 Å². The number of carbonyl (C=O) groups is 1. The number of rotatable bonds is 5. The lowest BCUT2D eigenvalue weighted by Crippen LogP contribution is -2.41. The number of nitrogens with one attached hydrogen (secondary N) is 1. The van der Waals surface area contributed by atoms with E-state index in [1.807, 2.05) is 5.38 Å². The number of benzene rings is 1. The molecule has 1 amide bonds. The second-order valence-corrected chi connectivity index (χ2v) is 6.52. The van der Waals surface area contributed by atoms with E-state index in [9.17, 15) is 14.3 Å². The number of carbonyl (C=O) groups excluding carboxylic acids is 1. The molecule has 4 nitrogen and oxygen atoms in total. The molecule has 0 radical (unpaired) electrons. The van der Waals surface area contributed by atoms with Gasteiger partial charge in [-0.2, -0.15) is 11.3 Å². The Morgan fingerprint density at radius 1 is 1.43 bits per heavy atom. The van der Waals surface area contributed by atoms with Gasteiger partial charge in [0, 0.05) is 5.38 Å². The minimum absolute atomic E-state index is 0.0976. The molecule has 23 heavy (non-hydrogen) atoms. The second kappa shape index (κ2) is 6.68. The van der Waals surface area contributed by atoms with Crippen LogP contribution in [0.5, 0.6) is 5.75 Å². The normalized spacial score (nSPS) is 21.3. The van der Waals surface area contributed by atoms with Gasteiger partial charge in [0.25, 0.3) is 5.91 Å². The monoisotopic (exact) mass is 335 g/mol. The Hall–Kier alpha value is -1.92. The highest BCUT2D eigenvalue weighted by Crippen LogP contribution is 2.39. The van der Waals surface area contributed by atoms with Gasteiger partial charge in [0.15, 0.2) is 11.6 Å². The summed E-state index contributed by atoms with van der Waals surface area (Å²) in [4.78, 5) is 12.3. The van der Waals surface area contributed by atoms with E-state index in [-0.39, 0.29) is 29.7 Å². The number of methoxy groups -OCH3 is 1. The van der Waals surface area contributed by atoms with Crippen LogP contribution in [0, 0.1) is 11.7 Å². The third kappa shape index (κ3) is 3.38. The summed E-state index contributed by atoms with van der Waals surface area (Å²) in [5, 5.41) is 16.1. The fourth-order valence-corrected chi connectivity index (χ4v) is 3.51. The lowest BCUT2D eigenvalue weighted by molar-refractivity contribution is 0.0235. The molecule has 1 aliphatic rings. The predicted molar refractivity (Wildman–Crippen MR) is 86.2 cm³/mol. The SMILES string of the molecule is COc1ccc([C@@H](NC(=O)c2ccsc2)C2CC(O)C2)cc1F. The van der Waals surface area contributed by atoms with Crippen molar-refractivity contribution in [2.75, 3.05) is 7.11 Å². The minimum atomic E-state index is -0.459. The van der Waals surface area contributed by atoms with Gasteiger partial charge < -0.3 is 15.2 Å². The molecule has 0 unspecified atom stereocenters. The summed E-state index contributed by atoms with van der Waals surface area (Å²) in [5.74, 6) is -0.376. The number of hydrogen-bond donors (Lipinski definition) is 2. The molecule has 0 saturated heterocycles. The average Bonchev–Trinajstić information content (AvgIpc) is 3.04. The summed E-state index contributed by atoms with van der Waals surface area (Å²) in [7, 11) is 1.41. The summed E-state index contributed by atoms with van der Waals surface area (Å²) < 4.78 is 18.9. The van der Waals surface area contributed by atoms with E-state index in [0.717, 1.165) is 0 Å². The predicted octanol–water partition coefficient (Wildman–Crippen LogP) is 3.14. The van der Waals surface area contributed by atoms with E-state index in [4.69, 9.17) is 4.74 Å². The Morgan fingerprint density at radius 3 is 2.78 bits per heavy atom. The first kappa shape index (κ1) is 16.0. The number of aliphatic hydroxyl groups excluding tert-OH is 1. The summed E-state index contributed by atoms with van der Waals surface area (Å²) in [5.41, 5.74) is 1.28. The van der Waals surface area contributed by atoms with Crippen LogP contribution in [0.3, 0.4) is 0 Å². The van der Waals surface area contributed by atoms with Gasteiger partial charge >= 0.3 is 0 Å². The van der Waals surface area contributed by atoms with E-state index >= 15 is 0 Å². The third-order valence-electron chi connectivity index (χ3n) is 4.23. The molecule has 2 N–H and O–H groups in total. The maximum absolute atomic E-state index is 14.0. The standard InChI is InChI=1S/C17H18FNO3S/c1-22-15-3-2-10(8-14(15)18)16(12-6-13(20)7-12)19-17(21)11-4-5-23-9-11/h2-5,8-9,12-13,16,20H,6-7H2,1H3,(H,19,21)/t12?,13?,16-/m1/s1. The maximum Gasteiger partial charge on any atom is 0.252 e. The average molecular weight is 335 g/mol. The molecule has 0 aliphatic heterocycles. The molecule has 1 saturated carbocycles. The van der Waals surface area contributed by atoms with Crippen LogP contribution in [0.2, 0.25) is 0 Å². The Labute approximate surface area is 137 Å². The fraction of sp³-hybridized carbons (Fsp3) is 0.353. The molecule has 2 aromatic rings. The van der Waals surface area contributed by atoms with E-state index in [1.165, 1.54) is 24.5 Å². The van der Waals surface area contributed by atoms with Crippen molar-refractivity contribution in [3.05, 3.63) is 52.0 Å². The molecule has 122 valence electrons. The summed E-state index contributed by atoms with van der Waals surface area (Å²) >= 11 is 1.45. The van der Waals surface area contributed by atoms with E-state index in [1.54, 1.807) is 23.6 Å². The zero-order valence-electron chi connectivity index (χ0n) is 12.7. The van der Waals surface area contributed by atoms with Gasteiger partial charge in [0.05, 0.1) is 24.8 Å². The van der Waals surface area contributed by atoms with Crippen molar-refractivity contribution in [1.29, 1.82) is 0 Å². The van der Waals surface area contributed by atoms with Gasteiger partial charge in [-0.05, 0) is 47.9 Å². The Morgan fingerprint density at radius 2 is 2.22 bits per heavy atom. The largest absolute Gasteiger partial charge is 0.494 e. The van der Waals surface area contributed by atoms with E-state index < -0.39 is 5.82 Å². The van der Waals surface area contributed by atoms with Gasteiger partial charge in [-0.1, -0.05) is 6.07 Å². The van der Waals surface area contributed by atoms with Gasteiger partial charge in [-0.15, -0.1) is 0 Å². The highest BCUT2D eigenvalue weighted by atomic mass is 32.1. The molecule has 1 aliphatic carbocycles. The Bertz CT molecular complexity index is 683. The molecule has 1 aromatic carbocycles. The number of thiophene rings is 1. The lowest BCUT2D eigenvalue weighted by Gasteiger charge is -2.38. The number of ether oxygens (including phenoxy) is 1. The summed E-state index contributed by atoms with van der Waals surface area (Å²) in [6.45, 7) is 0. The minimum Gasteiger partial charge on any atom is -0.494 e. The third-order valence-corrected chi connectivity index (χ3v) is 4.91. The maximum atomic E-state index is 14.0. The number of halogens is 1. The van der Waals surface area contributed by atoms with Crippen molar-refractivity contribution < 1.29 is 19.0 Å². The fourth-order valence-electron chi connectivity index (χ4n) is 2.87. The Kier molecular flexibility index (Phi) is 4.63. The highest BCUT2D eigenvalue weighted by Gasteiger charge is 2.36. The van der Waals surface area contributed by atoms with Crippen LogP contribution in [0.1, 0.15) is 34.8 Å². The van der Waals surface area contributed by atoms with Crippen LogP contribution < -0.4 is 10.1 Å². The molecule has 1 fully saturated rings. The molecular formula is C17H18FNO3S. The van der Waals surface area contributed by atoms with E-state index in [2.05, 4.69) is 5.32 Å². The van der Waals surface area contributed by atoms with Crippen molar-refractivity contribution in [3.63, 3.8) is 0 Å². The topological polar surface area (TPSA) is 58.6 Å². The zero-order valence-corrected chi connectivity index (χ0v) is 13.5. The quantitative estimate of drug-likeness (QED) is 0.882. The van der Waals surface area contributed by atoms with Gasteiger partial charge in [-0.3, -0.25) is 4.79 Å². The lowest BCUT2D eigenvalue weighted by atomic mass is 9.75. The van der Waals surface area contributed by atoms with E-state index in [0.29, 0.717) is 24.0 Å². The number of hydrogen-bond acceptors (Lipinski definition) is 4. The van der Waals surface area contributed by atoms with Crippen LogP contribution in [-0.4, -0.2) is 24.2 Å². The highest BCUT2D eigenvalue weighted by molar-refractivity contribution is 7.08. The molecule has 1 aromatic heterocycles. The molecule has 0 spiro atoms. The van der Waals surface area contributed by atoms with Gasteiger partial charge in [0.1, 0.15) is 0 Å². The van der Waals surface area contributed by atoms with Gasteiger partial charge in [0.2, 0.25) is 0 Å². The first-order chi connectivity index (χ1) is 11.1. The second-order valence-electron chi connectivity index (χ2n) is 5.74. The van der Waals surface area contributed by atoms with Crippen molar-refractivity contribution in [2.24, 2.45) is 5.92 Å². The molecule has 6 heteroatoms. The number of amides is 1. The van der Waals surface area contributed by atoms with Crippen LogP contribution in [0.25, 0.3) is 0 Å². The molecule has 1 heterocycles. The molecular weight excluding hydrogens is 317 g/mol. The van der Waals surface area contributed by atoms with Gasteiger partial charge in [-0.25, -0.2) is 4.39 Å². The molecule has 0 bridgehead atoms. The first-order valence-corrected chi connectivity index (χ1v) is 8.37. The summed E-state index contributed by atoms with van der Waals surface area (Å²) in [6.07, 6.45) is 0.855. The van der Waals surface area contributed by atoms with Crippen LogP contribution in [0.4, 0.5) is 4.39 Å². The van der Waals surface area contributed by atoms with Crippen molar-refractivity contribution in [2.45, 2.75) is 25.0 Å². The number of aliphatic hydroxyl groups is 1. The van der Waals surface area contributed by atoms with Crippen molar-refractivity contribution in [1.82, 2.24) is 5.32 Å². The molecule has 1 atom stereocenters. The van der Waals surface area contributed by atoms with Crippen LogP contribution in [-0.2, 0) is 0 Å². The molecule has 3 rings (SSSR count). The smallest absolute Gasteiger partial charge is 0.252 e. The van der Waals surface area contributed by atoms with Crippen molar-refractivity contribution >= 4 is 17.2 Å². The Balaban J connectivity index is 1.83.